The van der Waals surface area contributed by atoms with Gasteiger partial charge in [0, 0.05) is 6.04 Å². The number of aromatic nitrogens is 2. The molecule has 1 fully saturated rings. The quantitative estimate of drug-likeness (QED) is 0.347. The van der Waals surface area contributed by atoms with Crippen LogP contribution in [0.3, 0.4) is 0 Å². The topological polar surface area (TPSA) is 65.1 Å². The summed E-state index contributed by atoms with van der Waals surface area (Å²) in [6.45, 7) is 1.84. The lowest BCUT2D eigenvalue weighted by Gasteiger charge is -2.20. The molecular formula is C13H16ClN5S. The summed E-state index contributed by atoms with van der Waals surface area (Å²) in [5, 5.41) is 15.3. The number of rotatable bonds is 3. The Balaban J connectivity index is 1.54. The Morgan fingerprint density at radius 1 is 1.50 bits per heavy atom. The van der Waals surface area contributed by atoms with Gasteiger partial charge in [-0.2, -0.15) is 10.2 Å². The van der Waals surface area contributed by atoms with E-state index in [4.69, 9.17) is 23.8 Å². The maximum Gasteiger partial charge on any atom is 0.187 e. The molecule has 1 aromatic rings. The molecular weight excluding hydrogens is 294 g/mol. The number of H-pyrrole nitrogens is 1. The van der Waals surface area contributed by atoms with Gasteiger partial charge in [0.15, 0.2) is 5.11 Å². The number of fused-ring (bicyclic) bond motifs is 2. The SMILES string of the molecule is CC(=NNC(=S)NC1CC2C=CC1C2)c1[nH]ncc1Cl. The summed E-state index contributed by atoms with van der Waals surface area (Å²) in [4.78, 5) is 0. The number of hydrazone groups is 1. The van der Waals surface area contributed by atoms with Gasteiger partial charge < -0.3 is 5.32 Å². The van der Waals surface area contributed by atoms with Crippen molar-refractivity contribution in [1.29, 1.82) is 0 Å². The van der Waals surface area contributed by atoms with E-state index in [2.05, 4.69) is 38.2 Å². The molecule has 1 heterocycles. The van der Waals surface area contributed by atoms with Crippen molar-refractivity contribution in [3.63, 3.8) is 0 Å². The monoisotopic (exact) mass is 309 g/mol. The van der Waals surface area contributed by atoms with Crippen LogP contribution < -0.4 is 10.7 Å². The summed E-state index contributed by atoms with van der Waals surface area (Å²) in [5.41, 5.74) is 4.27. The van der Waals surface area contributed by atoms with E-state index in [0.29, 0.717) is 39.4 Å². The molecule has 7 heteroatoms. The predicted molar refractivity (Wildman–Crippen MR) is 83.8 cm³/mol. The van der Waals surface area contributed by atoms with Gasteiger partial charge in [0.05, 0.1) is 22.6 Å². The molecule has 0 spiro atoms. The average Bonchev–Trinajstić information content (AvgIpc) is 3.12. The van der Waals surface area contributed by atoms with E-state index in [0.717, 1.165) is 6.42 Å². The van der Waals surface area contributed by atoms with Crippen LogP contribution in [0, 0.1) is 11.8 Å². The molecule has 106 valence electrons. The molecule has 3 rings (SSSR count). The summed E-state index contributed by atoms with van der Waals surface area (Å²) in [5.74, 6) is 1.32. The van der Waals surface area contributed by atoms with Crippen molar-refractivity contribution >= 4 is 34.6 Å². The summed E-state index contributed by atoms with van der Waals surface area (Å²) < 4.78 is 0. The van der Waals surface area contributed by atoms with Gasteiger partial charge in [0.25, 0.3) is 0 Å². The third kappa shape index (κ3) is 2.71. The first-order chi connectivity index (χ1) is 9.63. The number of nitrogens with one attached hydrogen (secondary N) is 3. The first-order valence-electron chi connectivity index (χ1n) is 6.62. The second-order valence-electron chi connectivity index (χ2n) is 5.26. The number of hydrogen-bond acceptors (Lipinski definition) is 3. The molecule has 2 aliphatic rings. The number of thiocarbonyl (C=S) groups is 1. The lowest BCUT2D eigenvalue weighted by Crippen LogP contribution is -2.42. The predicted octanol–water partition coefficient (Wildman–Crippen LogP) is 2.22. The standard InChI is InChI=1S/C13H16ClN5S/c1-7(12-10(14)6-15-18-12)17-19-13(20)16-11-5-8-2-3-9(11)4-8/h2-3,6,8-9,11H,4-5H2,1H3,(H,15,18)(H2,16,19,20). The Bertz CT molecular complexity index is 579. The van der Waals surface area contributed by atoms with Crippen LogP contribution in [0.4, 0.5) is 0 Å². The Morgan fingerprint density at radius 3 is 2.95 bits per heavy atom. The van der Waals surface area contributed by atoms with Crippen molar-refractivity contribution in [3.05, 3.63) is 29.1 Å². The van der Waals surface area contributed by atoms with Crippen molar-refractivity contribution in [1.82, 2.24) is 20.9 Å². The normalized spacial score (nSPS) is 27.9. The Morgan fingerprint density at radius 2 is 2.35 bits per heavy atom. The lowest BCUT2D eigenvalue weighted by atomic mass is 10.0. The molecule has 0 radical (unpaired) electrons. The molecule has 0 saturated heterocycles. The Hall–Kier alpha value is -1.40. The minimum Gasteiger partial charge on any atom is -0.358 e. The first-order valence-corrected chi connectivity index (χ1v) is 7.40. The minimum atomic E-state index is 0.427. The lowest BCUT2D eigenvalue weighted by molar-refractivity contribution is 0.520. The fraction of sp³-hybridized carbons (Fsp3) is 0.462. The van der Waals surface area contributed by atoms with E-state index in [9.17, 15) is 0 Å². The molecule has 0 aromatic carbocycles. The van der Waals surface area contributed by atoms with Crippen LogP contribution in [-0.2, 0) is 0 Å². The highest BCUT2D eigenvalue weighted by Gasteiger charge is 2.35. The van der Waals surface area contributed by atoms with Crippen LogP contribution in [0.25, 0.3) is 0 Å². The highest BCUT2D eigenvalue weighted by Crippen LogP contribution is 2.38. The van der Waals surface area contributed by atoms with Crippen molar-refractivity contribution in [3.8, 4) is 0 Å². The number of hydrogen-bond donors (Lipinski definition) is 3. The maximum atomic E-state index is 5.97. The third-order valence-corrected chi connectivity index (χ3v) is 4.37. The molecule has 2 aliphatic carbocycles. The number of allylic oxidation sites excluding steroid dienone is 1. The number of halogens is 1. The van der Waals surface area contributed by atoms with Crippen LogP contribution >= 0.6 is 23.8 Å². The molecule has 3 unspecified atom stereocenters. The first kappa shape index (κ1) is 13.6. The number of nitrogens with zero attached hydrogens (tertiary/aromatic N) is 2. The van der Waals surface area contributed by atoms with Gasteiger partial charge in [-0.05, 0) is 43.8 Å². The van der Waals surface area contributed by atoms with Gasteiger partial charge in [-0.3, -0.25) is 10.5 Å². The second kappa shape index (κ2) is 5.54. The highest BCUT2D eigenvalue weighted by molar-refractivity contribution is 7.80. The van der Waals surface area contributed by atoms with E-state index in [1.54, 1.807) is 6.20 Å². The number of aromatic amines is 1. The molecule has 3 atom stereocenters. The van der Waals surface area contributed by atoms with Gasteiger partial charge in [0.1, 0.15) is 0 Å². The largest absolute Gasteiger partial charge is 0.358 e. The van der Waals surface area contributed by atoms with Crippen LogP contribution in [0.2, 0.25) is 5.02 Å². The Kier molecular flexibility index (Phi) is 3.76. The zero-order valence-corrected chi connectivity index (χ0v) is 12.6. The van der Waals surface area contributed by atoms with Crippen molar-refractivity contribution in [2.24, 2.45) is 16.9 Å². The Labute approximate surface area is 127 Å². The third-order valence-electron chi connectivity index (χ3n) is 3.88. The van der Waals surface area contributed by atoms with Crippen LogP contribution in [0.15, 0.2) is 23.5 Å². The molecule has 2 bridgehead atoms. The molecule has 20 heavy (non-hydrogen) atoms. The van der Waals surface area contributed by atoms with Gasteiger partial charge in [-0.1, -0.05) is 23.8 Å². The van der Waals surface area contributed by atoms with Gasteiger partial charge in [0.2, 0.25) is 0 Å². The fourth-order valence-electron chi connectivity index (χ4n) is 2.86. The second-order valence-corrected chi connectivity index (χ2v) is 6.08. The van der Waals surface area contributed by atoms with Crippen LogP contribution in [0.5, 0.6) is 0 Å². The summed E-state index contributed by atoms with van der Waals surface area (Å²) in [6.07, 6.45) is 8.54. The summed E-state index contributed by atoms with van der Waals surface area (Å²) in [6, 6.07) is 0.427. The van der Waals surface area contributed by atoms with Crippen molar-refractivity contribution in [2.75, 3.05) is 0 Å². The molecule has 0 aliphatic heterocycles. The van der Waals surface area contributed by atoms with Gasteiger partial charge in [-0.15, -0.1) is 0 Å². The van der Waals surface area contributed by atoms with E-state index >= 15 is 0 Å². The maximum absolute atomic E-state index is 5.97. The zero-order valence-electron chi connectivity index (χ0n) is 11.1. The fourth-order valence-corrected chi connectivity index (χ4v) is 3.29. The minimum absolute atomic E-state index is 0.427. The summed E-state index contributed by atoms with van der Waals surface area (Å²) in [7, 11) is 0. The van der Waals surface area contributed by atoms with Crippen LogP contribution in [-0.4, -0.2) is 27.1 Å². The zero-order chi connectivity index (χ0) is 14.1. The van der Waals surface area contributed by atoms with Gasteiger partial charge >= 0.3 is 0 Å². The van der Waals surface area contributed by atoms with Gasteiger partial charge in [-0.25, -0.2) is 0 Å². The molecule has 5 nitrogen and oxygen atoms in total. The molecule has 1 saturated carbocycles. The van der Waals surface area contributed by atoms with E-state index in [1.165, 1.54) is 6.42 Å². The van der Waals surface area contributed by atoms with E-state index in [1.807, 2.05) is 6.92 Å². The summed E-state index contributed by atoms with van der Waals surface area (Å²) >= 11 is 11.2. The smallest absolute Gasteiger partial charge is 0.187 e. The molecule has 3 N–H and O–H groups in total. The average molecular weight is 310 g/mol. The molecule has 1 aromatic heterocycles. The van der Waals surface area contributed by atoms with Crippen LogP contribution in [0.1, 0.15) is 25.5 Å². The highest BCUT2D eigenvalue weighted by atomic mass is 35.5. The van der Waals surface area contributed by atoms with E-state index < -0.39 is 0 Å². The van der Waals surface area contributed by atoms with Crippen molar-refractivity contribution < 1.29 is 0 Å². The van der Waals surface area contributed by atoms with E-state index in [-0.39, 0.29) is 0 Å². The molecule has 0 amide bonds. The van der Waals surface area contributed by atoms with Crippen molar-refractivity contribution in [2.45, 2.75) is 25.8 Å².